The van der Waals surface area contributed by atoms with E-state index in [-0.39, 0.29) is 29.5 Å². The Bertz CT molecular complexity index is 1010. The van der Waals surface area contributed by atoms with Gasteiger partial charge in [-0.25, -0.2) is 4.39 Å². The maximum atomic E-state index is 14.6. The number of benzene rings is 1. The lowest BCUT2D eigenvalue weighted by Crippen LogP contribution is -2.29. The number of aromatic amines is 1. The number of fused-ring (bicyclic) bond motifs is 1. The summed E-state index contributed by atoms with van der Waals surface area (Å²) in [6.45, 7) is 0.981. The smallest absolute Gasteiger partial charge is 0.256 e. The Kier molecular flexibility index (Phi) is 5.47. The van der Waals surface area contributed by atoms with Crippen molar-refractivity contribution in [3.8, 4) is 17.6 Å². The first-order chi connectivity index (χ1) is 13.0. The zero-order valence-corrected chi connectivity index (χ0v) is 15.9. The fourth-order valence-electron chi connectivity index (χ4n) is 3.29. The van der Waals surface area contributed by atoms with Gasteiger partial charge < -0.3 is 25.5 Å². The number of ether oxygens (including phenoxy) is 1. The second-order valence-corrected chi connectivity index (χ2v) is 6.53. The Hall–Kier alpha value is -2.79. The van der Waals surface area contributed by atoms with Crippen molar-refractivity contribution in [3.63, 3.8) is 0 Å². The summed E-state index contributed by atoms with van der Waals surface area (Å²) in [5.74, 6) is 5.20. The zero-order chi connectivity index (χ0) is 19.0. The van der Waals surface area contributed by atoms with Gasteiger partial charge in [-0.05, 0) is 30.8 Å². The van der Waals surface area contributed by atoms with Crippen LogP contribution in [-0.4, -0.2) is 41.8 Å². The summed E-state index contributed by atoms with van der Waals surface area (Å²) < 4.78 is 19.8. The van der Waals surface area contributed by atoms with Gasteiger partial charge in [-0.2, -0.15) is 0 Å². The Morgan fingerprint density at radius 1 is 1.36 bits per heavy atom. The van der Waals surface area contributed by atoms with Crippen LogP contribution in [0.1, 0.15) is 23.2 Å². The molecule has 2 aliphatic heterocycles. The Morgan fingerprint density at radius 3 is 2.89 bits per heavy atom. The monoisotopic (exact) mass is 403 g/mol. The predicted octanol–water partition coefficient (Wildman–Crippen LogP) is 2.15. The van der Waals surface area contributed by atoms with E-state index in [0.29, 0.717) is 42.2 Å². The van der Waals surface area contributed by atoms with Crippen LogP contribution in [0.25, 0.3) is 11.6 Å². The summed E-state index contributed by atoms with van der Waals surface area (Å²) in [5, 5.41) is 16.2. The number of amides is 1. The van der Waals surface area contributed by atoms with Gasteiger partial charge in [-0.1, -0.05) is 11.8 Å². The number of methoxy groups -OCH3 is 1. The third kappa shape index (κ3) is 3.50. The van der Waals surface area contributed by atoms with Crippen molar-refractivity contribution in [2.45, 2.75) is 12.0 Å². The topological polar surface area (TPSA) is 86.4 Å². The molecule has 1 fully saturated rings. The molecule has 2 aromatic rings. The summed E-state index contributed by atoms with van der Waals surface area (Å²) in [7, 11) is 1.53. The van der Waals surface area contributed by atoms with E-state index in [1.165, 1.54) is 19.2 Å². The molecule has 0 saturated carbocycles. The van der Waals surface area contributed by atoms with Gasteiger partial charge in [0.1, 0.15) is 17.2 Å². The number of carbonyl (C=O) groups is 1. The summed E-state index contributed by atoms with van der Waals surface area (Å²) in [6.07, 6.45) is 3.76. The van der Waals surface area contributed by atoms with E-state index in [9.17, 15) is 14.3 Å². The fraction of sp³-hybridized carbons (Fsp3) is 0.250. The number of β-amino-alcohol motifs (C(OH)–C–C–N with tert-alkyl or cyclic N) is 1. The first kappa shape index (κ1) is 20.0. The minimum Gasteiger partial charge on any atom is -0.495 e. The molecule has 28 heavy (non-hydrogen) atoms. The number of carbonyl (C=O) groups excluding carboxylic acids is 1. The van der Waals surface area contributed by atoms with E-state index in [0.717, 1.165) is 0 Å². The maximum Gasteiger partial charge on any atom is 0.256 e. The largest absolute Gasteiger partial charge is 0.495 e. The number of aliphatic hydroxyl groups is 1. The van der Waals surface area contributed by atoms with Gasteiger partial charge >= 0.3 is 0 Å². The summed E-state index contributed by atoms with van der Waals surface area (Å²) >= 11 is 0. The quantitative estimate of drug-likeness (QED) is 0.457. The van der Waals surface area contributed by atoms with Crippen molar-refractivity contribution in [2.24, 2.45) is 0 Å². The van der Waals surface area contributed by atoms with E-state index >= 15 is 0 Å². The molecule has 2 aliphatic rings. The number of nitrogens with one attached hydrogen (secondary N) is 3. The molecule has 6 nitrogen and oxygen atoms in total. The Balaban J connectivity index is 0.00000225. The van der Waals surface area contributed by atoms with Gasteiger partial charge in [0.15, 0.2) is 0 Å². The van der Waals surface area contributed by atoms with Crippen LogP contribution in [-0.2, 0) is 4.79 Å². The average Bonchev–Trinajstić information content (AvgIpc) is 3.35. The first-order valence-corrected chi connectivity index (χ1v) is 8.54. The van der Waals surface area contributed by atoms with E-state index < -0.39 is 11.4 Å². The van der Waals surface area contributed by atoms with E-state index in [4.69, 9.17) is 4.74 Å². The molecule has 8 heteroatoms. The molecule has 1 amide bonds. The average molecular weight is 404 g/mol. The van der Waals surface area contributed by atoms with Gasteiger partial charge in [0.2, 0.25) is 0 Å². The molecular weight excluding hydrogens is 385 g/mol. The van der Waals surface area contributed by atoms with Gasteiger partial charge in [-0.15, -0.1) is 12.4 Å². The van der Waals surface area contributed by atoms with Crippen LogP contribution in [0.4, 0.5) is 10.1 Å². The third-order valence-corrected chi connectivity index (χ3v) is 4.72. The molecule has 0 aliphatic carbocycles. The fourth-order valence-corrected chi connectivity index (χ4v) is 3.29. The number of H-pyrrole nitrogens is 1. The molecule has 1 saturated heterocycles. The summed E-state index contributed by atoms with van der Waals surface area (Å²) in [4.78, 5) is 15.5. The number of hydrogen-bond acceptors (Lipinski definition) is 4. The van der Waals surface area contributed by atoms with Gasteiger partial charge in [0.05, 0.1) is 29.6 Å². The standard InChI is InChI=1S/C20H18FN3O3.ClH/c1-27-17-5-8-23-16(17)10-13-18-12(4-6-20(26)7-9-22-11-20)14(21)2-3-15(18)24-19(13)25;/h2-3,5,8,10,22-23,26H,7,9,11H2,1H3,(H,24,25);1H. The molecule has 0 radical (unpaired) electrons. The van der Waals surface area contributed by atoms with Crippen molar-refractivity contribution < 1.29 is 19.0 Å². The number of halogens is 2. The van der Waals surface area contributed by atoms with Crippen LogP contribution in [0.5, 0.6) is 5.75 Å². The molecule has 1 atom stereocenters. The normalized spacial score (nSPS) is 21.5. The highest BCUT2D eigenvalue weighted by atomic mass is 35.5. The molecule has 1 unspecified atom stereocenters. The molecule has 4 N–H and O–H groups in total. The lowest BCUT2D eigenvalue weighted by Gasteiger charge is -2.12. The first-order valence-electron chi connectivity index (χ1n) is 8.54. The maximum absolute atomic E-state index is 14.6. The second-order valence-electron chi connectivity index (χ2n) is 6.53. The van der Waals surface area contributed by atoms with Crippen LogP contribution in [0, 0.1) is 17.7 Å². The van der Waals surface area contributed by atoms with Crippen LogP contribution in [0.15, 0.2) is 24.4 Å². The highest BCUT2D eigenvalue weighted by molar-refractivity contribution is 6.35. The number of aromatic nitrogens is 1. The Morgan fingerprint density at radius 2 is 2.18 bits per heavy atom. The van der Waals surface area contributed by atoms with Crippen molar-refractivity contribution in [3.05, 3.63) is 47.0 Å². The minimum absolute atomic E-state index is 0. The van der Waals surface area contributed by atoms with E-state index in [1.807, 2.05) is 0 Å². The zero-order valence-electron chi connectivity index (χ0n) is 15.1. The lowest BCUT2D eigenvalue weighted by molar-refractivity contribution is -0.110. The Labute approximate surface area is 167 Å². The highest BCUT2D eigenvalue weighted by Gasteiger charge is 2.31. The molecule has 146 valence electrons. The SMILES string of the molecule is COc1cc[nH]c1C=C1C(=O)Nc2ccc(F)c(C#CC3(O)CCNC3)c21.Cl. The molecule has 3 heterocycles. The summed E-state index contributed by atoms with van der Waals surface area (Å²) in [5.41, 5.74) is 0.640. The molecule has 0 bridgehead atoms. The molecule has 1 aromatic heterocycles. The third-order valence-electron chi connectivity index (χ3n) is 4.72. The van der Waals surface area contributed by atoms with Crippen molar-refractivity contribution in [1.29, 1.82) is 0 Å². The van der Waals surface area contributed by atoms with Crippen molar-refractivity contribution >= 4 is 35.7 Å². The van der Waals surface area contributed by atoms with Gasteiger partial charge in [-0.3, -0.25) is 4.79 Å². The van der Waals surface area contributed by atoms with Crippen molar-refractivity contribution in [1.82, 2.24) is 10.3 Å². The number of anilines is 1. The summed E-state index contributed by atoms with van der Waals surface area (Å²) in [6, 6.07) is 4.50. The molecule has 0 spiro atoms. The van der Waals surface area contributed by atoms with Crippen LogP contribution in [0.2, 0.25) is 0 Å². The van der Waals surface area contributed by atoms with Gasteiger partial charge in [0, 0.05) is 24.7 Å². The number of hydrogen-bond donors (Lipinski definition) is 4. The van der Waals surface area contributed by atoms with Crippen LogP contribution < -0.4 is 15.4 Å². The minimum atomic E-state index is -1.20. The molecular formula is C20H19ClFN3O3. The molecule has 1 aromatic carbocycles. The molecule has 4 rings (SSSR count). The highest BCUT2D eigenvalue weighted by Crippen LogP contribution is 2.37. The van der Waals surface area contributed by atoms with Crippen molar-refractivity contribution in [2.75, 3.05) is 25.5 Å². The predicted molar refractivity (Wildman–Crippen MR) is 107 cm³/mol. The van der Waals surface area contributed by atoms with E-state index in [1.54, 1.807) is 18.3 Å². The second kappa shape index (κ2) is 7.68. The van der Waals surface area contributed by atoms with Gasteiger partial charge in [0.25, 0.3) is 5.91 Å². The van der Waals surface area contributed by atoms with E-state index in [2.05, 4.69) is 27.5 Å². The van der Waals surface area contributed by atoms with Crippen LogP contribution >= 0.6 is 12.4 Å². The number of rotatable bonds is 2. The van der Waals surface area contributed by atoms with Crippen LogP contribution in [0.3, 0.4) is 0 Å². The lowest BCUT2D eigenvalue weighted by atomic mass is 9.97.